The van der Waals surface area contributed by atoms with E-state index in [2.05, 4.69) is 46.0 Å². The number of aromatic nitrogens is 3. The van der Waals surface area contributed by atoms with Crippen molar-refractivity contribution in [3.05, 3.63) is 83.9 Å². The average Bonchev–Trinajstić information content (AvgIpc) is 3.22. The van der Waals surface area contributed by atoms with E-state index in [1.54, 1.807) is 26.0 Å². The fourth-order valence-corrected chi connectivity index (χ4v) is 4.20. The third-order valence-corrected chi connectivity index (χ3v) is 5.91. The lowest BCUT2D eigenvalue weighted by atomic mass is 10.1. The third kappa shape index (κ3) is 4.19. The zero-order valence-corrected chi connectivity index (χ0v) is 18.0. The van der Waals surface area contributed by atoms with Crippen molar-refractivity contribution in [3.63, 3.8) is 0 Å². The predicted octanol–water partition coefficient (Wildman–Crippen LogP) is 5.55. The molecule has 5 nitrogen and oxygen atoms in total. The van der Waals surface area contributed by atoms with Crippen LogP contribution in [0.5, 0.6) is 11.5 Å². The molecule has 0 spiro atoms. The van der Waals surface area contributed by atoms with Gasteiger partial charge in [0.1, 0.15) is 11.5 Å². The van der Waals surface area contributed by atoms with Crippen molar-refractivity contribution in [2.45, 2.75) is 17.8 Å². The van der Waals surface area contributed by atoms with E-state index in [1.807, 2.05) is 48.5 Å². The molecule has 0 aliphatic rings. The molecule has 6 heteroatoms. The molecule has 30 heavy (non-hydrogen) atoms. The zero-order valence-electron chi connectivity index (χ0n) is 17.2. The molecule has 0 unspecified atom stereocenters. The van der Waals surface area contributed by atoms with Crippen LogP contribution in [0, 0.1) is 6.92 Å². The molecule has 0 aliphatic carbocycles. The first kappa shape index (κ1) is 20.0. The smallest absolute Gasteiger partial charge is 0.196 e. The number of rotatable bonds is 7. The number of thioether (sulfide) groups is 1. The van der Waals surface area contributed by atoms with Gasteiger partial charge in [0.25, 0.3) is 0 Å². The molecule has 1 heterocycles. The quantitative estimate of drug-likeness (QED) is 0.369. The van der Waals surface area contributed by atoms with Crippen LogP contribution in [0.15, 0.2) is 78.0 Å². The summed E-state index contributed by atoms with van der Waals surface area (Å²) in [5, 5.41) is 9.87. The summed E-state index contributed by atoms with van der Waals surface area (Å²) in [6.07, 6.45) is 0. The zero-order chi connectivity index (χ0) is 20.9. The molecule has 0 atom stereocenters. The maximum Gasteiger partial charge on any atom is 0.196 e. The van der Waals surface area contributed by atoms with Crippen LogP contribution in [-0.2, 0) is 5.75 Å². The van der Waals surface area contributed by atoms with Gasteiger partial charge in [-0.25, -0.2) is 0 Å². The van der Waals surface area contributed by atoms with Gasteiger partial charge in [0.15, 0.2) is 11.0 Å². The minimum Gasteiger partial charge on any atom is -0.497 e. The molecule has 0 saturated heterocycles. The Morgan fingerprint density at radius 2 is 1.43 bits per heavy atom. The second kappa shape index (κ2) is 9.05. The number of benzene rings is 3. The number of hydrogen-bond acceptors (Lipinski definition) is 5. The van der Waals surface area contributed by atoms with Crippen molar-refractivity contribution in [3.8, 4) is 28.6 Å². The lowest BCUT2D eigenvalue weighted by molar-refractivity contribution is 0.414. The summed E-state index contributed by atoms with van der Waals surface area (Å²) >= 11 is 1.68. The molecule has 3 aromatic carbocycles. The van der Waals surface area contributed by atoms with Gasteiger partial charge in [-0.05, 0) is 66.6 Å². The second-order valence-electron chi connectivity index (χ2n) is 6.78. The first-order valence-corrected chi connectivity index (χ1v) is 10.6. The highest BCUT2D eigenvalue weighted by Gasteiger charge is 2.17. The van der Waals surface area contributed by atoms with Crippen molar-refractivity contribution in [1.29, 1.82) is 0 Å². The van der Waals surface area contributed by atoms with Gasteiger partial charge < -0.3 is 9.47 Å². The van der Waals surface area contributed by atoms with Crippen LogP contribution in [0.25, 0.3) is 17.1 Å². The first-order chi connectivity index (χ1) is 14.7. The topological polar surface area (TPSA) is 49.2 Å². The lowest BCUT2D eigenvalue weighted by Gasteiger charge is -2.12. The van der Waals surface area contributed by atoms with Gasteiger partial charge in [0, 0.05) is 17.0 Å². The van der Waals surface area contributed by atoms with Crippen molar-refractivity contribution < 1.29 is 9.47 Å². The average molecular weight is 418 g/mol. The monoisotopic (exact) mass is 417 g/mol. The standard InChI is InChI=1S/C24H23N3O2S/c1-17-6-4-5-7-19(17)16-30-24-26-25-23(18-8-12-21(28-2)13-9-18)27(24)20-10-14-22(29-3)15-11-20/h4-15H,16H2,1-3H3. The van der Waals surface area contributed by atoms with Gasteiger partial charge in [0.2, 0.25) is 0 Å². The fraction of sp³-hybridized carbons (Fsp3) is 0.167. The molecule has 0 saturated carbocycles. The van der Waals surface area contributed by atoms with E-state index in [0.717, 1.165) is 39.5 Å². The summed E-state index contributed by atoms with van der Waals surface area (Å²) in [7, 11) is 3.33. The van der Waals surface area contributed by atoms with Crippen LogP contribution in [0.2, 0.25) is 0 Å². The van der Waals surface area contributed by atoms with Crippen molar-refractivity contribution in [1.82, 2.24) is 14.8 Å². The summed E-state index contributed by atoms with van der Waals surface area (Å²) in [5.41, 5.74) is 4.52. The Hall–Kier alpha value is -3.25. The Balaban J connectivity index is 1.73. The molecule has 0 amide bonds. The van der Waals surface area contributed by atoms with Gasteiger partial charge in [-0.2, -0.15) is 0 Å². The fourth-order valence-electron chi connectivity index (χ4n) is 3.17. The van der Waals surface area contributed by atoms with Gasteiger partial charge in [-0.3, -0.25) is 4.57 Å². The van der Waals surface area contributed by atoms with Gasteiger partial charge >= 0.3 is 0 Å². The van der Waals surface area contributed by atoms with E-state index >= 15 is 0 Å². The molecule has 0 fully saturated rings. The molecule has 0 radical (unpaired) electrons. The predicted molar refractivity (Wildman–Crippen MR) is 121 cm³/mol. The van der Waals surface area contributed by atoms with E-state index in [4.69, 9.17) is 9.47 Å². The molecular weight excluding hydrogens is 394 g/mol. The summed E-state index contributed by atoms with van der Waals surface area (Å²) in [5.74, 6) is 3.23. The van der Waals surface area contributed by atoms with Crippen LogP contribution in [0.3, 0.4) is 0 Å². The van der Waals surface area contributed by atoms with E-state index in [9.17, 15) is 0 Å². The molecule has 152 valence electrons. The SMILES string of the molecule is COc1ccc(-c2nnc(SCc3ccccc3C)n2-c2ccc(OC)cc2)cc1. The number of methoxy groups -OCH3 is 2. The highest BCUT2D eigenvalue weighted by atomic mass is 32.2. The van der Waals surface area contributed by atoms with Crippen LogP contribution in [0.1, 0.15) is 11.1 Å². The van der Waals surface area contributed by atoms with E-state index in [0.29, 0.717) is 0 Å². The number of aryl methyl sites for hydroxylation is 1. The highest BCUT2D eigenvalue weighted by Crippen LogP contribution is 2.31. The maximum atomic E-state index is 5.32. The van der Waals surface area contributed by atoms with E-state index in [1.165, 1.54) is 11.1 Å². The summed E-state index contributed by atoms with van der Waals surface area (Å²) < 4.78 is 12.7. The van der Waals surface area contributed by atoms with Crippen LogP contribution in [0.4, 0.5) is 0 Å². The van der Waals surface area contributed by atoms with Crippen LogP contribution in [-0.4, -0.2) is 29.0 Å². The van der Waals surface area contributed by atoms with Crippen molar-refractivity contribution >= 4 is 11.8 Å². The minimum absolute atomic E-state index is 0.787. The molecule has 0 bridgehead atoms. The lowest BCUT2D eigenvalue weighted by Crippen LogP contribution is -2.00. The number of hydrogen-bond donors (Lipinski definition) is 0. The second-order valence-corrected chi connectivity index (χ2v) is 7.73. The summed E-state index contributed by atoms with van der Waals surface area (Å²) in [4.78, 5) is 0. The molecule has 0 aliphatic heterocycles. The molecule has 1 aromatic heterocycles. The maximum absolute atomic E-state index is 5.32. The normalized spacial score (nSPS) is 10.8. The molecule has 4 aromatic rings. The Morgan fingerprint density at radius 3 is 2.07 bits per heavy atom. The number of nitrogens with zero attached hydrogens (tertiary/aromatic N) is 3. The van der Waals surface area contributed by atoms with Gasteiger partial charge in [0.05, 0.1) is 14.2 Å². The first-order valence-electron chi connectivity index (χ1n) is 9.61. The number of ether oxygens (including phenoxy) is 2. The Kier molecular flexibility index (Phi) is 6.05. The molecule has 4 rings (SSSR count). The largest absolute Gasteiger partial charge is 0.497 e. The Morgan fingerprint density at radius 1 is 0.800 bits per heavy atom. The van der Waals surface area contributed by atoms with Gasteiger partial charge in [-0.1, -0.05) is 36.0 Å². The van der Waals surface area contributed by atoms with Crippen molar-refractivity contribution in [2.24, 2.45) is 0 Å². The third-order valence-electron chi connectivity index (χ3n) is 4.93. The minimum atomic E-state index is 0.787. The van der Waals surface area contributed by atoms with Gasteiger partial charge in [-0.15, -0.1) is 10.2 Å². The molecule has 0 N–H and O–H groups in total. The Bertz CT molecular complexity index is 1120. The Labute approximate surface area is 180 Å². The van der Waals surface area contributed by atoms with Crippen LogP contribution >= 0.6 is 11.8 Å². The van der Waals surface area contributed by atoms with Crippen LogP contribution < -0.4 is 9.47 Å². The molecular formula is C24H23N3O2S. The highest BCUT2D eigenvalue weighted by molar-refractivity contribution is 7.98. The summed E-state index contributed by atoms with van der Waals surface area (Å²) in [6.45, 7) is 2.13. The van der Waals surface area contributed by atoms with Crippen molar-refractivity contribution in [2.75, 3.05) is 14.2 Å². The summed E-state index contributed by atoms with van der Waals surface area (Å²) in [6, 6.07) is 24.2. The van der Waals surface area contributed by atoms with E-state index < -0.39 is 0 Å². The van der Waals surface area contributed by atoms with E-state index in [-0.39, 0.29) is 0 Å².